The smallest absolute Gasteiger partial charge is 0.317 e. The Morgan fingerprint density at radius 3 is 2.37 bits per heavy atom. The maximum atomic E-state index is 13.2. The molecule has 0 spiro atoms. The summed E-state index contributed by atoms with van der Waals surface area (Å²) >= 11 is 0. The van der Waals surface area contributed by atoms with E-state index in [-0.39, 0.29) is 31.2 Å². The highest BCUT2D eigenvalue weighted by Gasteiger charge is 2.40. The van der Waals surface area contributed by atoms with Crippen LogP contribution in [0, 0.1) is 12.3 Å². The molecule has 1 fully saturated rings. The monoisotopic (exact) mass is 377 g/mol. The second kappa shape index (κ2) is 9.19. The zero-order valence-electron chi connectivity index (χ0n) is 16.4. The van der Waals surface area contributed by atoms with Gasteiger partial charge in [0.05, 0.1) is 11.5 Å². The van der Waals surface area contributed by atoms with Crippen LogP contribution in [0.4, 0.5) is 4.79 Å². The Labute approximate surface area is 161 Å². The first-order valence-electron chi connectivity index (χ1n) is 9.43. The number of nitrogens with one attached hydrogen (secondary N) is 1. The number of amides is 3. The number of carbonyl (C=O) groups excluding carboxylic acids is 2. The number of nitrogens with zero attached hydrogens (tertiary/aromatic N) is 2. The van der Waals surface area contributed by atoms with Crippen LogP contribution in [0.15, 0.2) is 24.3 Å². The fourth-order valence-corrected chi connectivity index (χ4v) is 3.80. The average Bonchev–Trinajstić information content (AvgIpc) is 2.67. The summed E-state index contributed by atoms with van der Waals surface area (Å²) in [5, 5.41) is 21.4. The molecule has 27 heavy (non-hydrogen) atoms. The van der Waals surface area contributed by atoms with Crippen molar-refractivity contribution in [2.45, 2.75) is 32.7 Å². The van der Waals surface area contributed by atoms with E-state index in [0.717, 1.165) is 11.1 Å². The summed E-state index contributed by atoms with van der Waals surface area (Å²) in [6.07, 6.45) is 0.605. The van der Waals surface area contributed by atoms with E-state index in [1.807, 2.05) is 31.2 Å². The van der Waals surface area contributed by atoms with Crippen LogP contribution in [0.2, 0.25) is 0 Å². The molecular weight excluding hydrogens is 346 g/mol. The number of carbonyl (C=O) groups is 2. The van der Waals surface area contributed by atoms with E-state index in [4.69, 9.17) is 0 Å². The van der Waals surface area contributed by atoms with E-state index in [1.54, 1.807) is 23.8 Å². The molecule has 0 aromatic heterocycles. The maximum Gasteiger partial charge on any atom is 0.317 e. The highest BCUT2D eigenvalue weighted by molar-refractivity contribution is 5.83. The van der Waals surface area contributed by atoms with Crippen LogP contribution < -0.4 is 5.32 Å². The first kappa shape index (κ1) is 21.2. The third-order valence-electron chi connectivity index (χ3n) is 5.53. The number of aliphatic hydroxyl groups is 2. The van der Waals surface area contributed by atoms with Gasteiger partial charge in [0.15, 0.2) is 0 Å². The summed E-state index contributed by atoms with van der Waals surface area (Å²) in [5.74, 6) is -0.0826. The molecule has 3 amide bonds. The van der Waals surface area contributed by atoms with Crippen molar-refractivity contribution < 1.29 is 19.8 Å². The first-order chi connectivity index (χ1) is 12.9. The predicted molar refractivity (Wildman–Crippen MR) is 103 cm³/mol. The molecule has 1 aliphatic heterocycles. The van der Waals surface area contributed by atoms with Crippen molar-refractivity contribution in [1.82, 2.24) is 15.1 Å². The van der Waals surface area contributed by atoms with Crippen molar-refractivity contribution in [3.63, 3.8) is 0 Å². The van der Waals surface area contributed by atoms with Gasteiger partial charge in [-0.1, -0.05) is 31.2 Å². The van der Waals surface area contributed by atoms with Gasteiger partial charge < -0.3 is 25.3 Å². The zero-order chi connectivity index (χ0) is 20.0. The Hall–Kier alpha value is -2.12. The van der Waals surface area contributed by atoms with Crippen LogP contribution in [0.1, 0.15) is 36.9 Å². The van der Waals surface area contributed by atoms with Crippen LogP contribution in [-0.4, -0.2) is 71.8 Å². The molecule has 2 rings (SSSR count). The lowest BCUT2D eigenvalue weighted by Crippen LogP contribution is -2.56. The van der Waals surface area contributed by atoms with Crippen molar-refractivity contribution in [1.29, 1.82) is 0 Å². The van der Waals surface area contributed by atoms with Crippen molar-refractivity contribution >= 4 is 11.9 Å². The highest BCUT2D eigenvalue weighted by atomic mass is 16.3. The summed E-state index contributed by atoms with van der Waals surface area (Å²) in [4.78, 5) is 29.1. The van der Waals surface area contributed by atoms with Gasteiger partial charge in [0.25, 0.3) is 0 Å². The Balaban J connectivity index is 2.31. The molecule has 150 valence electrons. The lowest BCUT2D eigenvalue weighted by atomic mass is 9.81. The van der Waals surface area contributed by atoms with Crippen LogP contribution >= 0.6 is 0 Å². The van der Waals surface area contributed by atoms with E-state index in [2.05, 4.69) is 5.32 Å². The largest absolute Gasteiger partial charge is 0.396 e. The van der Waals surface area contributed by atoms with Crippen LogP contribution in [0.3, 0.4) is 0 Å². The molecule has 1 saturated heterocycles. The SMILES string of the molecule is CNC(=O)N1CCN(C(=O)C(C)(CCO)CCO)CC1c1ccccc1C. The normalized spacial score (nSPS) is 17.7. The molecule has 1 atom stereocenters. The Morgan fingerprint density at radius 2 is 1.81 bits per heavy atom. The molecule has 0 saturated carbocycles. The van der Waals surface area contributed by atoms with E-state index in [9.17, 15) is 19.8 Å². The minimum atomic E-state index is -0.811. The van der Waals surface area contributed by atoms with Crippen molar-refractivity contribution in [2.24, 2.45) is 5.41 Å². The van der Waals surface area contributed by atoms with Crippen LogP contribution in [0.25, 0.3) is 0 Å². The number of benzene rings is 1. The van der Waals surface area contributed by atoms with Crippen molar-refractivity contribution in [2.75, 3.05) is 39.9 Å². The lowest BCUT2D eigenvalue weighted by molar-refractivity contribution is -0.146. The lowest BCUT2D eigenvalue weighted by Gasteiger charge is -2.44. The summed E-state index contributed by atoms with van der Waals surface area (Å²) < 4.78 is 0. The van der Waals surface area contributed by atoms with Gasteiger partial charge in [-0.2, -0.15) is 0 Å². The first-order valence-corrected chi connectivity index (χ1v) is 9.43. The van der Waals surface area contributed by atoms with Crippen LogP contribution in [-0.2, 0) is 4.79 Å². The molecule has 1 aliphatic rings. The number of hydrogen-bond donors (Lipinski definition) is 3. The van der Waals surface area contributed by atoms with Gasteiger partial charge in [0.1, 0.15) is 0 Å². The Kier molecular flexibility index (Phi) is 7.21. The molecule has 7 nitrogen and oxygen atoms in total. The topological polar surface area (TPSA) is 93.1 Å². The number of aliphatic hydroxyl groups excluding tert-OH is 2. The van der Waals surface area contributed by atoms with Crippen molar-refractivity contribution in [3.05, 3.63) is 35.4 Å². The van der Waals surface area contributed by atoms with Crippen LogP contribution in [0.5, 0.6) is 0 Å². The predicted octanol–water partition coefficient (Wildman–Crippen LogP) is 1.29. The summed E-state index contributed by atoms with van der Waals surface area (Å²) in [6.45, 7) is 4.82. The number of urea groups is 1. The number of rotatable bonds is 6. The van der Waals surface area contributed by atoms with Gasteiger partial charge in [-0.05, 0) is 30.9 Å². The third kappa shape index (κ3) is 4.59. The van der Waals surface area contributed by atoms with Gasteiger partial charge >= 0.3 is 6.03 Å². The molecule has 1 aromatic carbocycles. The number of aryl methyl sites for hydroxylation is 1. The molecular formula is C20H31N3O4. The average molecular weight is 377 g/mol. The molecule has 0 bridgehead atoms. The third-order valence-corrected chi connectivity index (χ3v) is 5.53. The summed E-state index contributed by atoms with van der Waals surface area (Å²) in [6, 6.07) is 7.48. The molecule has 1 aromatic rings. The maximum absolute atomic E-state index is 13.2. The quantitative estimate of drug-likeness (QED) is 0.696. The fraction of sp³-hybridized carbons (Fsp3) is 0.600. The molecule has 0 radical (unpaired) electrons. The fourth-order valence-electron chi connectivity index (χ4n) is 3.80. The van der Waals surface area contributed by atoms with Gasteiger partial charge in [0.2, 0.25) is 5.91 Å². The molecule has 7 heteroatoms. The minimum absolute atomic E-state index is 0.0826. The van der Waals surface area contributed by atoms with E-state index < -0.39 is 5.41 Å². The van der Waals surface area contributed by atoms with E-state index in [1.165, 1.54) is 0 Å². The number of piperazine rings is 1. The van der Waals surface area contributed by atoms with Gasteiger partial charge in [-0.25, -0.2) is 4.79 Å². The van der Waals surface area contributed by atoms with E-state index in [0.29, 0.717) is 32.5 Å². The highest BCUT2D eigenvalue weighted by Crippen LogP contribution is 2.33. The van der Waals surface area contributed by atoms with Crippen molar-refractivity contribution in [3.8, 4) is 0 Å². The minimum Gasteiger partial charge on any atom is -0.396 e. The molecule has 1 heterocycles. The van der Waals surface area contributed by atoms with Gasteiger partial charge in [-0.3, -0.25) is 4.79 Å². The second-order valence-corrected chi connectivity index (χ2v) is 7.38. The number of hydrogen-bond acceptors (Lipinski definition) is 4. The van der Waals surface area contributed by atoms with Gasteiger partial charge in [0, 0.05) is 39.9 Å². The summed E-state index contributed by atoms with van der Waals surface area (Å²) in [7, 11) is 1.61. The summed E-state index contributed by atoms with van der Waals surface area (Å²) in [5.41, 5.74) is 1.28. The van der Waals surface area contributed by atoms with Gasteiger partial charge in [-0.15, -0.1) is 0 Å². The molecule has 3 N–H and O–H groups in total. The van der Waals surface area contributed by atoms with E-state index >= 15 is 0 Å². The Morgan fingerprint density at radius 1 is 1.19 bits per heavy atom. The molecule has 0 aliphatic carbocycles. The second-order valence-electron chi connectivity index (χ2n) is 7.38. The standard InChI is InChI=1S/C20H31N3O4/c1-15-6-4-5-7-16(15)17-14-22(10-11-23(17)19(27)21-3)18(26)20(2,8-12-24)9-13-25/h4-7,17,24-25H,8-14H2,1-3H3,(H,21,27). The Bertz CT molecular complexity index is 658. The molecule has 1 unspecified atom stereocenters. The zero-order valence-corrected chi connectivity index (χ0v) is 16.4.